The molecular formula is C8H14F2N2. The highest BCUT2D eigenvalue weighted by Crippen LogP contribution is 2.44. The Morgan fingerprint density at radius 1 is 1.50 bits per heavy atom. The van der Waals surface area contributed by atoms with Gasteiger partial charge < -0.3 is 5.73 Å². The highest BCUT2D eigenvalue weighted by molar-refractivity contribution is 5.01. The molecule has 0 radical (unpaired) electrons. The molecule has 2 atom stereocenters. The normalized spacial score (nSPS) is 35.2. The van der Waals surface area contributed by atoms with Gasteiger partial charge in [0.2, 0.25) is 0 Å². The summed E-state index contributed by atoms with van der Waals surface area (Å²) in [7, 11) is 0. The van der Waals surface area contributed by atoms with Crippen molar-refractivity contribution < 1.29 is 8.78 Å². The lowest BCUT2D eigenvalue weighted by Gasteiger charge is -2.23. The zero-order valence-corrected chi connectivity index (χ0v) is 6.97. The molecule has 2 unspecified atom stereocenters. The third kappa shape index (κ3) is 1.45. The molecular weight excluding hydrogens is 162 g/mol. The Balaban J connectivity index is 1.86. The molecule has 2 aliphatic rings. The van der Waals surface area contributed by atoms with Crippen LogP contribution < -0.4 is 5.73 Å². The second kappa shape index (κ2) is 2.64. The van der Waals surface area contributed by atoms with Crippen molar-refractivity contribution in [1.82, 2.24) is 4.90 Å². The van der Waals surface area contributed by atoms with Crippen molar-refractivity contribution in [1.29, 1.82) is 0 Å². The molecule has 2 nitrogen and oxygen atoms in total. The Bertz CT molecular complexity index is 184. The highest BCUT2D eigenvalue weighted by Gasteiger charge is 2.49. The van der Waals surface area contributed by atoms with Crippen molar-refractivity contribution in [3.63, 3.8) is 0 Å². The summed E-state index contributed by atoms with van der Waals surface area (Å²) < 4.78 is 25.7. The number of halogens is 2. The van der Waals surface area contributed by atoms with Gasteiger partial charge >= 0.3 is 0 Å². The molecule has 2 rings (SSSR count). The quantitative estimate of drug-likeness (QED) is 0.685. The molecule has 1 heterocycles. The largest absolute Gasteiger partial charge is 0.325 e. The summed E-state index contributed by atoms with van der Waals surface area (Å²) >= 11 is 0. The molecule has 1 saturated heterocycles. The van der Waals surface area contributed by atoms with E-state index in [0.29, 0.717) is 6.04 Å². The summed E-state index contributed by atoms with van der Waals surface area (Å²) in [6, 6.07) is 0.461. The van der Waals surface area contributed by atoms with Gasteiger partial charge in [-0.2, -0.15) is 0 Å². The van der Waals surface area contributed by atoms with E-state index in [2.05, 4.69) is 0 Å². The molecule has 4 heteroatoms. The molecule has 12 heavy (non-hydrogen) atoms. The zero-order valence-electron chi connectivity index (χ0n) is 6.97. The van der Waals surface area contributed by atoms with Gasteiger partial charge in [0.25, 0.3) is 5.92 Å². The molecule has 0 amide bonds. The number of hydrogen-bond acceptors (Lipinski definition) is 2. The van der Waals surface area contributed by atoms with Crippen molar-refractivity contribution in [2.45, 2.75) is 24.8 Å². The van der Waals surface area contributed by atoms with Crippen LogP contribution in [0.3, 0.4) is 0 Å². The minimum Gasteiger partial charge on any atom is -0.325 e. The van der Waals surface area contributed by atoms with Gasteiger partial charge in [0.05, 0.1) is 13.1 Å². The fourth-order valence-corrected chi connectivity index (χ4v) is 2.04. The SMILES string of the molecule is NCC(F)(F)CN1CCC2CC21. The minimum absolute atomic E-state index is 0.134. The van der Waals surface area contributed by atoms with Crippen LogP contribution in [0.5, 0.6) is 0 Å². The van der Waals surface area contributed by atoms with Crippen molar-refractivity contribution in [2.24, 2.45) is 11.7 Å². The van der Waals surface area contributed by atoms with Gasteiger partial charge in [-0.15, -0.1) is 0 Å². The van der Waals surface area contributed by atoms with Crippen LogP contribution in [-0.4, -0.2) is 36.5 Å². The fraction of sp³-hybridized carbons (Fsp3) is 1.00. The molecule has 2 fully saturated rings. The molecule has 0 aromatic heterocycles. The number of nitrogens with two attached hydrogens (primary N) is 1. The predicted octanol–water partition coefficient (Wildman–Crippen LogP) is 0.675. The first kappa shape index (κ1) is 8.38. The summed E-state index contributed by atoms with van der Waals surface area (Å²) in [6.07, 6.45) is 2.23. The minimum atomic E-state index is -2.68. The number of likely N-dealkylation sites (tertiary alicyclic amines) is 1. The van der Waals surface area contributed by atoms with E-state index < -0.39 is 12.5 Å². The number of piperidine rings is 1. The average molecular weight is 176 g/mol. The first-order valence-corrected chi connectivity index (χ1v) is 4.44. The van der Waals surface area contributed by atoms with Gasteiger partial charge in [0.15, 0.2) is 0 Å². The van der Waals surface area contributed by atoms with E-state index >= 15 is 0 Å². The number of rotatable bonds is 3. The number of nitrogens with zero attached hydrogens (tertiary/aromatic N) is 1. The summed E-state index contributed by atoms with van der Waals surface area (Å²) in [6.45, 7) is 0.177. The lowest BCUT2D eigenvalue weighted by atomic mass is 10.3. The van der Waals surface area contributed by atoms with Gasteiger partial charge in [-0.25, -0.2) is 8.78 Å². The van der Waals surface area contributed by atoms with Gasteiger partial charge in [0, 0.05) is 6.04 Å². The van der Waals surface area contributed by atoms with E-state index in [4.69, 9.17) is 5.73 Å². The molecule has 0 spiro atoms. The maximum Gasteiger partial charge on any atom is 0.272 e. The Kier molecular flexibility index (Phi) is 1.84. The second-order valence-electron chi connectivity index (χ2n) is 3.88. The molecule has 70 valence electrons. The first-order valence-electron chi connectivity index (χ1n) is 4.44. The number of alkyl halides is 2. The topological polar surface area (TPSA) is 29.3 Å². The van der Waals surface area contributed by atoms with Crippen molar-refractivity contribution in [3.05, 3.63) is 0 Å². The summed E-state index contributed by atoms with van der Waals surface area (Å²) in [5.74, 6) is -1.96. The third-order valence-corrected chi connectivity index (χ3v) is 2.87. The van der Waals surface area contributed by atoms with Crippen LogP contribution in [0.2, 0.25) is 0 Å². The lowest BCUT2D eigenvalue weighted by molar-refractivity contribution is -0.0219. The molecule has 0 aromatic carbocycles. The molecule has 1 saturated carbocycles. The summed E-state index contributed by atoms with van der Waals surface area (Å²) in [5.41, 5.74) is 4.97. The Labute approximate surface area is 70.7 Å². The van der Waals surface area contributed by atoms with E-state index in [1.165, 1.54) is 0 Å². The van der Waals surface area contributed by atoms with Gasteiger partial charge in [-0.1, -0.05) is 0 Å². The van der Waals surface area contributed by atoms with Crippen molar-refractivity contribution in [2.75, 3.05) is 19.6 Å². The number of hydrogen-bond donors (Lipinski definition) is 1. The van der Waals surface area contributed by atoms with Crippen LogP contribution in [0, 0.1) is 5.92 Å². The average Bonchev–Trinajstić information content (AvgIpc) is 2.71. The van der Waals surface area contributed by atoms with Crippen LogP contribution >= 0.6 is 0 Å². The molecule has 0 bridgehead atoms. The maximum absolute atomic E-state index is 12.8. The number of fused-ring (bicyclic) bond motifs is 1. The van der Waals surface area contributed by atoms with Crippen LogP contribution in [0.4, 0.5) is 8.78 Å². The van der Waals surface area contributed by atoms with Crippen molar-refractivity contribution in [3.8, 4) is 0 Å². The lowest BCUT2D eigenvalue weighted by Crippen LogP contribution is -2.41. The highest BCUT2D eigenvalue weighted by atomic mass is 19.3. The molecule has 0 aromatic rings. The van der Waals surface area contributed by atoms with Crippen molar-refractivity contribution >= 4 is 0 Å². The van der Waals surface area contributed by atoms with Crippen LogP contribution in [0.25, 0.3) is 0 Å². The van der Waals surface area contributed by atoms with Gasteiger partial charge in [0.1, 0.15) is 0 Å². The Hall–Kier alpha value is -0.220. The van der Waals surface area contributed by atoms with Crippen LogP contribution in [0.15, 0.2) is 0 Å². The van der Waals surface area contributed by atoms with E-state index in [1.807, 2.05) is 4.90 Å². The Morgan fingerprint density at radius 3 is 2.67 bits per heavy atom. The smallest absolute Gasteiger partial charge is 0.272 e. The Morgan fingerprint density at radius 2 is 2.25 bits per heavy atom. The summed E-state index contributed by atoms with van der Waals surface area (Å²) in [4.78, 5) is 1.89. The fourth-order valence-electron chi connectivity index (χ4n) is 2.04. The molecule has 1 aliphatic carbocycles. The van der Waals surface area contributed by atoms with E-state index in [-0.39, 0.29) is 6.54 Å². The van der Waals surface area contributed by atoms with Gasteiger partial charge in [-0.05, 0) is 25.3 Å². The third-order valence-electron chi connectivity index (χ3n) is 2.87. The standard InChI is InChI=1S/C8H14F2N2/c9-8(10,4-11)5-12-2-1-6-3-7(6)12/h6-7H,1-5,11H2. The van der Waals surface area contributed by atoms with E-state index in [1.54, 1.807) is 0 Å². The monoisotopic (exact) mass is 176 g/mol. The van der Waals surface area contributed by atoms with E-state index in [9.17, 15) is 8.78 Å². The second-order valence-corrected chi connectivity index (χ2v) is 3.88. The van der Waals surface area contributed by atoms with Crippen LogP contribution in [0.1, 0.15) is 12.8 Å². The first-order chi connectivity index (χ1) is 5.62. The predicted molar refractivity (Wildman–Crippen MR) is 42.1 cm³/mol. The zero-order chi connectivity index (χ0) is 8.77. The summed E-state index contributed by atoms with van der Waals surface area (Å²) in [5, 5.41) is 0. The molecule has 2 N–H and O–H groups in total. The maximum atomic E-state index is 12.8. The van der Waals surface area contributed by atoms with E-state index in [0.717, 1.165) is 25.3 Å². The molecule has 1 aliphatic heterocycles. The van der Waals surface area contributed by atoms with Gasteiger partial charge in [-0.3, -0.25) is 4.90 Å². The van der Waals surface area contributed by atoms with Crippen LogP contribution in [-0.2, 0) is 0 Å².